The van der Waals surface area contributed by atoms with E-state index in [0.29, 0.717) is 5.82 Å². The molecule has 0 aliphatic heterocycles. The first-order valence-electron chi connectivity index (χ1n) is 6.13. The van der Waals surface area contributed by atoms with Crippen molar-refractivity contribution in [2.75, 3.05) is 11.1 Å². The van der Waals surface area contributed by atoms with Crippen molar-refractivity contribution < 1.29 is 9.59 Å². The number of Topliss-reactive ketones (excluding diaryl/α,β-unsaturated/α-hetero) is 1. The smallest absolute Gasteiger partial charge is 0.278 e. The Bertz CT molecular complexity index is 612. The van der Waals surface area contributed by atoms with Crippen molar-refractivity contribution in [2.45, 2.75) is 6.92 Å². The maximum Gasteiger partial charge on any atom is 0.278 e. The van der Waals surface area contributed by atoms with Crippen LogP contribution in [0.1, 0.15) is 6.92 Å². The molecule has 0 bridgehead atoms. The van der Waals surface area contributed by atoms with Crippen molar-refractivity contribution in [3.8, 4) is 0 Å². The lowest BCUT2D eigenvalue weighted by Crippen LogP contribution is -2.27. The standard InChI is InChI=1S/C9H9N3O2.C6H7N/c1-6(13)8(10)9(14)12-7-4-2-3-5-11-7;7-6-4-2-1-3-5-6/h2-5,10H,1H3,(H,11,12,14);1-5H,7H2. The summed E-state index contributed by atoms with van der Waals surface area (Å²) in [6.07, 6.45) is 1.51. The van der Waals surface area contributed by atoms with Gasteiger partial charge in [-0.15, -0.1) is 0 Å². The Morgan fingerprint density at radius 1 is 1.10 bits per heavy atom. The number of amides is 1. The minimum absolute atomic E-state index is 0.323. The fraction of sp³-hybridized carbons (Fsp3) is 0.0667. The molecule has 0 radical (unpaired) electrons. The molecule has 1 heterocycles. The number of nitrogens with zero attached hydrogens (tertiary/aromatic N) is 1. The van der Waals surface area contributed by atoms with Crippen molar-refractivity contribution in [3.05, 3.63) is 54.7 Å². The lowest BCUT2D eigenvalue weighted by Gasteiger charge is -2.01. The lowest BCUT2D eigenvalue weighted by atomic mass is 10.2. The second-order valence-corrected chi connectivity index (χ2v) is 4.01. The second-order valence-electron chi connectivity index (χ2n) is 4.01. The van der Waals surface area contributed by atoms with E-state index in [1.54, 1.807) is 18.2 Å². The van der Waals surface area contributed by atoms with E-state index < -0.39 is 17.4 Å². The Morgan fingerprint density at radius 2 is 1.71 bits per heavy atom. The zero-order valence-electron chi connectivity index (χ0n) is 11.5. The van der Waals surface area contributed by atoms with Crippen LogP contribution in [-0.4, -0.2) is 22.4 Å². The SMILES string of the molecule is CC(=O)C(=N)C(=O)Nc1ccccn1.Nc1ccccc1. The van der Waals surface area contributed by atoms with Crippen LogP contribution in [0.15, 0.2) is 54.7 Å². The highest BCUT2D eigenvalue weighted by molar-refractivity contribution is 6.66. The van der Waals surface area contributed by atoms with Crippen LogP contribution in [0, 0.1) is 5.41 Å². The average molecular weight is 284 g/mol. The summed E-state index contributed by atoms with van der Waals surface area (Å²) in [5.74, 6) is -0.988. The number of carbonyl (C=O) groups excluding carboxylic acids is 2. The number of benzene rings is 1. The van der Waals surface area contributed by atoms with Gasteiger partial charge in [-0.05, 0) is 24.3 Å². The van der Waals surface area contributed by atoms with E-state index in [2.05, 4.69) is 10.3 Å². The van der Waals surface area contributed by atoms with Crippen LogP contribution in [-0.2, 0) is 9.59 Å². The Hall–Kier alpha value is -3.02. The third kappa shape index (κ3) is 6.11. The van der Waals surface area contributed by atoms with E-state index in [1.807, 2.05) is 30.3 Å². The van der Waals surface area contributed by atoms with Gasteiger partial charge in [-0.3, -0.25) is 15.0 Å². The monoisotopic (exact) mass is 284 g/mol. The molecule has 21 heavy (non-hydrogen) atoms. The number of pyridine rings is 1. The summed E-state index contributed by atoms with van der Waals surface area (Å²) in [4.78, 5) is 25.6. The molecular weight excluding hydrogens is 268 g/mol. The van der Waals surface area contributed by atoms with Gasteiger partial charge in [-0.1, -0.05) is 24.3 Å². The molecular formula is C15H16N4O2. The fourth-order valence-corrected chi connectivity index (χ4v) is 1.23. The van der Waals surface area contributed by atoms with Gasteiger partial charge in [0.1, 0.15) is 5.82 Å². The van der Waals surface area contributed by atoms with Gasteiger partial charge in [0.15, 0.2) is 11.5 Å². The molecule has 6 nitrogen and oxygen atoms in total. The number of para-hydroxylation sites is 1. The molecule has 1 aromatic heterocycles. The van der Waals surface area contributed by atoms with E-state index in [1.165, 1.54) is 13.1 Å². The van der Waals surface area contributed by atoms with Gasteiger partial charge in [0.2, 0.25) is 0 Å². The number of hydrogen-bond donors (Lipinski definition) is 3. The summed E-state index contributed by atoms with van der Waals surface area (Å²) >= 11 is 0. The zero-order valence-corrected chi connectivity index (χ0v) is 11.5. The number of anilines is 2. The normalized spacial score (nSPS) is 9.00. The first kappa shape index (κ1) is 16.0. The highest BCUT2D eigenvalue weighted by Crippen LogP contribution is 1.99. The summed E-state index contributed by atoms with van der Waals surface area (Å²) in [5, 5.41) is 9.44. The van der Waals surface area contributed by atoms with E-state index in [4.69, 9.17) is 11.1 Å². The third-order valence-corrected chi connectivity index (χ3v) is 2.29. The summed E-state index contributed by atoms with van der Waals surface area (Å²) in [5.41, 5.74) is 5.61. The number of nitrogens with two attached hydrogens (primary N) is 1. The molecule has 4 N–H and O–H groups in total. The Morgan fingerprint density at radius 3 is 2.14 bits per heavy atom. The maximum absolute atomic E-state index is 11.2. The van der Waals surface area contributed by atoms with Crippen molar-refractivity contribution >= 4 is 28.9 Å². The molecule has 2 rings (SSSR count). The Balaban J connectivity index is 0.000000262. The summed E-state index contributed by atoms with van der Waals surface area (Å²) in [6, 6.07) is 14.5. The first-order chi connectivity index (χ1) is 10.0. The van der Waals surface area contributed by atoms with E-state index in [9.17, 15) is 9.59 Å². The highest BCUT2D eigenvalue weighted by Gasteiger charge is 2.13. The molecule has 1 aromatic carbocycles. The predicted octanol–water partition coefficient (Wildman–Crippen LogP) is 1.90. The molecule has 108 valence electrons. The number of carbonyl (C=O) groups is 2. The van der Waals surface area contributed by atoms with Crippen LogP contribution in [0.4, 0.5) is 11.5 Å². The second kappa shape index (κ2) is 8.21. The number of aromatic nitrogens is 1. The summed E-state index contributed by atoms with van der Waals surface area (Å²) in [7, 11) is 0. The molecule has 0 aliphatic rings. The third-order valence-electron chi connectivity index (χ3n) is 2.29. The lowest BCUT2D eigenvalue weighted by molar-refractivity contribution is -0.114. The Kier molecular flexibility index (Phi) is 6.27. The number of rotatable bonds is 3. The molecule has 0 aliphatic carbocycles. The molecule has 0 fully saturated rings. The maximum atomic E-state index is 11.2. The Labute approximate surface area is 122 Å². The van der Waals surface area contributed by atoms with Gasteiger partial charge < -0.3 is 11.1 Å². The molecule has 0 saturated carbocycles. The molecule has 1 amide bonds. The van der Waals surface area contributed by atoms with Gasteiger partial charge >= 0.3 is 0 Å². The zero-order chi connectivity index (χ0) is 15.7. The minimum Gasteiger partial charge on any atom is -0.399 e. The van der Waals surface area contributed by atoms with Crippen LogP contribution < -0.4 is 11.1 Å². The molecule has 6 heteroatoms. The topological polar surface area (TPSA) is 109 Å². The van der Waals surface area contributed by atoms with Crippen LogP contribution in [0.25, 0.3) is 0 Å². The molecule has 0 atom stereocenters. The minimum atomic E-state index is -0.740. The van der Waals surface area contributed by atoms with Gasteiger partial charge in [-0.2, -0.15) is 0 Å². The van der Waals surface area contributed by atoms with Gasteiger partial charge in [0, 0.05) is 18.8 Å². The van der Waals surface area contributed by atoms with Crippen molar-refractivity contribution in [1.29, 1.82) is 5.41 Å². The van der Waals surface area contributed by atoms with Gasteiger partial charge in [0.05, 0.1) is 0 Å². The fourth-order valence-electron chi connectivity index (χ4n) is 1.23. The first-order valence-corrected chi connectivity index (χ1v) is 6.13. The van der Waals surface area contributed by atoms with Crippen LogP contribution in [0.3, 0.4) is 0 Å². The van der Waals surface area contributed by atoms with E-state index >= 15 is 0 Å². The quantitative estimate of drug-likeness (QED) is 0.454. The van der Waals surface area contributed by atoms with Crippen molar-refractivity contribution in [3.63, 3.8) is 0 Å². The largest absolute Gasteiger partial charge is 0.399 e. The van der Waals surface area contributed by atoms with Crippen LogP contribution >= 0.6 is 0 Å². The van der Waals surface area contributed by atoms with E-state index in [-0.39, 0.29) is 0 Å². The highest BCUT2D eigenvalue weighted by atomic mass is 16.2. The average Bonchev–Trinajstić information content (AvgIpc) is 2.48. The molecule has 0 spiro atoms. The van der Waals surface area contributed by atoms with Crippen LogP contribution in [0.5, 0.6) is 0 Å². The molecule has 0 saturated heterocycles. The number of hydrogen-bond acceptors (Lipinski definition) is 5. The molecule has 2 aromatic rings. The van der Waals surface area contributed by atoms with Crippen molar-refractivity contribution in [1.82, 2.24) is 4.98 Å². The molecule has 0 unspecified atom stereocenters. The van der Waals surface area contributed by atoms with Crippen LogP contribution in [0.2, 0.25) is 0 Å². The van der Waals surface area contributed by atoms with E-state index in [0.717, 1.165) is 5.69 Å². The number of nitrogen functional groups attached to an aromatic ring is 1. The van der Waals surface area contributed by atoms with Gasteiger partial charge in [0.25, 0.3) is 5.91 Å². The predicted molar refractivity (Wildman–Crippen MR) is 82.1 cm³/mol. The van der Waals surface area contributed by atoms with Crippen molar-refractivity contribution in [2.24, 2.45) is 0 Å². The van der Waals surface area contributed by atoms with Gasteiger partial charge in [-0.25, -0.2) is 4.98 Å². The summed E-state index contributed by atoms with van der Waals surface area (Å²) in [6.45, 7) is 1.17. The number of nitrogens with one attached hydrogen (secondary N) is 2. The summed E-state index contributed by atoms with van der Waals surface area (Å²) < 4.78 is 0. The number of ketones is 1.